The molecule has 1 aliphatic heterocycles. The molecule has 20 heavy (non-hydrogen) atoms. The van der Waals surface area contributed by atoms with Gasteiger partial charge in [0.15, 0.2) is 0 Å². The quantitative estimate of drug-likeness (QED) is 0.843. The Morgan fingerprint density at radius 2 is 2.00 bits per heavy atom. The van der Waals surface area contributed by atoms with Gasteiger partial charge in [-0.15, -0.1) is 0 Å². The number of rotatable bonds is 2. The highest BCUT2D eigenvalue weighted by Gasteiger charge is 2.17. The van der Waals surface area contributed by atoms with Gasteiger partial charge in [0, 0.05) is 24.3 Å². The van der Waals surface area contributed by atoms with Gasteiger partial charge in [-0.05, 0) is 35.7 Å². The highest BCUT2D eigenvalue weighted by atomic mass is 15.1. The fourth-order valence-corrected chi connectivity index (χ4v) is 2.69. The molecule has 2 aromatic rings. The van der Waals surface area contributed by atoms with Crippen LogP contribution in [0.1, 0.15) is 16.7 Å². The number of para-hydroxylation sites is 1. The summed E-state index contributed by atoms with van der Waals surface area (Å²) in [6.07, 6.45) is 1.14. The average Bonchev–Trinajstić information content (AvgIpc) is 2.89. The van der Waals surface area contributed by atoms with Gasteiger partial charge >= 0.3 is 0 Å². The zero-order chi connectivity index (χ0) is 13.8. The van der Waals surface area contributed by atoms with Crippen molar-refractivity contribution < 1.29 is 0 Å². The highest BCUT2D eigenvalue weighted by molar-refractivity contribution is 5.58. The molecule has 0 aliphatic carbocycles. The van der Waals surface area contributed by atoms with Crippen LogP contribution < -0.4 is 10.6 Å². The Hall–Kier alpha value is -2.24. The average molecular weight is 262 g/mol. The van der Waals surface area contributed by atoms with Crippen LogP contribution in [0, 0.1) is 11.8 Å². The van der Waals surface area contributed by atoms with Crippen molar-refractivity contribution in [3.8, 4) is 11.8 Å². The molecule has 0 unspecified atom stereocenters. The summed E-state index contributed by atoms with van der Waals surface area (Å²) >= 11 is 0. The topological polar surface area (TPSA) is 29.3 Å². The summed E-state index contributed by atoms with van der Waals surface area (Å²) in [6.45, 7) is 2.44. The minimum atomic E-state index is 0.406. The summed E-state index contributed by atoms with van der Waals surface area (Å²) < 4.78 is 0. The highest BCUT2D eigenvalue weighted by Crippen LogP contribution is 2.28. The maximum atomic E-state index is 5.42. The number of hydrogen-bond donors (Lipinski definition) is 1. The van der Waals surface area contributed by atoms with E-state index in [0.29, 0.717) is 6.54 Å². The predicted molar refractivity (Wildman–Crippen MR) is 83.6 cm³/mol. The predicted octanol–water partition coefficient (Wildman–Crippen LogP) is 2.56. The van der Waals surface area contributed by atoms with Crippen molar-refractivity contribution in [2.45, 2.75) is 13.0 Å². The monoisotopic (exact) mass is 262 g/mol. The van der Waals surface area contributed by atoms with Gasteiger partial charge in [0.05, 0.1) is 6.54 Å². The first-order chi connectivity index (χ1) is 9.86. The summed E-state index contributed by atoms with van der Waals surface area (Å²) in [7, 11) is 0. The van der Waals surface area contributed by atoms with Crippen LogP contribution in [0.5, 0.6) is 0 Å². The Bertz CT molecular complexity index is 664. The van der Waals surface area contributed by atoms with Crippen molar-refractivity contribution >= 4 is 5.69 Å². The maximum absolute atomic E-state index is 5.42. The van der Waals surface area contributed by atoms with Crippen LogP contribution in [0.4, 0.5) is 5.69 Å². The van der Waals surface area contributed by atoms with E-state index in [4.69, 9.17) is 5.73 Å². The lowest BCUT2D eigenvalue weighted by Gasteiger charge is -2.19. The molecule has 1 heterocycles. The standard InChI is InChI=1S/C18H18N2/c19-11-4-7-15-5-3-6-16(13-15)14-20-12-10-17-8-1-2-9-18(17)20/h1-3,5-6,8-9,13H,10-12,14,19H2. The maximum Gasteiger partial charge on any atom is 0.0555 e. The molecule has 3 rings (SSSR count). The van der Waals surface area contributed by atoms with Crippen molar-refractivity contribution in [3.05, 3.63) is 65.2 Å². The molecule has 0 saturated carbocycles. The minimum Gasteiger partial charge on any atom is -0.367 e. The second-order valence-electron chi connectivity index (χ2n) is 5.01. The third-order valence-corrected chi connectivity index (χ3v) is 3.62. The molecule has 0 saturated heterocycles. The molecule has 1 aliphatic rings. The van der Waals surface area contributed by atoms with Crippen LogP contribution in [-0.4, -0.2) is 13.1 Å². The van der Waals surface area contributed by atoms with Gasteiger partial charge in [-0.3, -0.25) is 0 Å². The fraction of sp³-hybridized carbons (Fsp3) is 0.222. The Labute approximate surface area is 120 Å². The second-order valence-corrected chi connectivity index (χ2v) is 5.01. The molecular formula is C18H18N2. The molecule has 2 aromatic carbocycles. The lowest BCUT2D eigenvalue weighted by atomic mass is 10.1. The van der Waals surface area contributed by atoms with E-state index >= 15 is 0 Å². The summed E-state index contributed by atoms with van der Waals surface area (Å²) in [5.41, 5.74) is 10.6. The van der Waals surface area contributed by atoms with Gasteiger partial charge < -0.3 is 10.6 Å². The summed E-state index contributed by atoms with van der Waals surface area (Å²) in [6, 6.07) is 17.1. The molecule has 0 fully saturated rings. The molecule has 2 N–H and O–H groups in total. The van der Waals surface area contributed by atoms with E-state index in [2.05, 4.69) is 59.2 Å². The summed E-state index contributed by atoms with van der Waals surface area (Å²) in [4.78, 5) is 2.44. The first-order valence-electron chi connectivity index (χ1n) is 6.97. The zero-order valence-corrected chi connectivity index (χ0v) is 11.5. The summed E-state index contributed by atoms with van der Waals surface area (Å²) in [5.74, 6) is 6.00. The fourth-order valence-electron chi connectivity index (χ4n) is 2.69. The molecule has 0 atom stereocenters. The molecule has 0 aromatic heterocycles. The van der Waals surface area contributed by atoms with E-state index in [0.717, 1.165) is 25.1 Å². The molecule has 2 heteroatoms. The van der Waals surface area contributed by atoms with E-state index in [-0.39, 0.29) is 0 Å². The van der Waals surface area contributed by atoms with E-state index in [1.165, 1.54) is 16.8 Å². The van der Waals surface area contributed by atoms with Crippen molar-refractivity contribution in [2.24, 2.45) is 5.73 Å². The lowest BCUT2D eigenvalue weighted by molar-refractivity contribution is 0.836. The Morgan fingerprint density at radius 1 is 1.10 bits per heavy atom. The number of benzene rings is 2. The number of hydrogen-bond acceptors (Lipinski definition) is 2. The second kappa shape index (κ2) is 5.81. The lowest BCUT2D eigenvalue weighted by Crippen LogP contribution is -2.19. The van der Waals surface area contributed by atoms with Gasteiger partial charge in [0.25, 0.3) is 0 Å². The largest absolute Gasteiger partial charge is 0.367 e. The first kappa shape index (κ1) is 12.8. The number of nitrogens with two attached hydrogens (primary N) is 1. The van der Waals surface area contributed by atoms with Crippen molar-refractivity contribution in [1.82, 2.24) is 0 Å². The molecule has 2 nitrogen and oxygen atoms in total. The zero-order valence-electron chi connectivity index (χ0n) is 11.5. The first-order valence-corrected chi connectivity index (χ1v) is 6.97. The minimum absolute atomic E-state index is 0.406. The molecule has 0 amide bonds. The van der Waals surface area contributed by atoms with Crippen molar-refractivity contribution in [2.75, 3.05) is 18.0 Å². The van der Waals surface area contributed by atoms with E-state index in [1.54, 1.807) is 0 Å². The number of fused-ring (bicyclic) bond motifs is 1. The van der Waals surface area contributed by atoms with Crippen LogP contribution in [0.15, 0.2) is 48.5 Å². The van der Waals surface area contributed by atoms with Gasteiger partial charge in [-0.2, -0.15) is 0 Å². The third kappa shape index (κ3) is 2.68. The molecule has 100 valence electrons. The van der Waals surface area contributed by atoms with Crippen LogP contribution in [0.2, 0.25) is 0 Å². The normalized spacial score (nSPS) is 12.8. The molecular weight excluding hydrogens is 244 g/mol. The third-order valence-electron chi connectivity index (χ3n) is 3.62. The van der Waals surface area contributed by atoms with Crippen LogP contribution in [0.25, 0.3) is 0 Å². The van der Waals surface area contributed by atoms with E-state index in [9.17, 15) is 0 Å². The number of anilines is 1. The molecule has 0 spiro atoms. The number of nitrogens with zero attached hydrogens (tertiary/aromatic N) is 1. The Morgan fingerprint density at radius 3 is 2.90 bits per heavy atom. The van der Waals surface area contributed by atoms with Crippen LogP contribution in [0.3, 0.4) is 0 Å². The van der Waals surface area contributed by atoms with Crippen molar-refractivity contribution in [3.63, 3.8) is 0 Å². The van der Waals surface area contributed by atoms with Crippen LogP contribution in [-0.2, 0) is 13.0 Å². The Balaban J connectivity index is 1.79. The smallest absolute Gasteiger partial charge is 0.0555 e. The van der Waals surface area contributed by atoms with Gasteiger partial charge in [0.1, 0.15) is 0 Å². The van der Waals surface area contributed by atoms with Crippen molar-refractivity contribution in [1.29, 1.82) is 0 Å². The van der Waals surface area contributed by atoms with Gasteiger partial charge in [-0.25, -0.2) is 0 Å². The SMILES string of the molecule is NCC#Cc1cccc(CN2CCc3ccccc32)c1. The molecule has 0 radical (unpaired) electrons. The molecule has 0 bridgehead atoms. The van der Waals surface area contributed by atoms with E-state index in [1.807, 2.05) is 6.07 Å². The van der Waals surface area contributed by atoms with E-state index < -0.39 is 0 Å². The van der Waals surface area contributed by atoms with Crippen LogP contribution >= 0.6 is 0 Å². The van der Waals surface area contributed by atoms with Gasteiger partial charge in [-0.1, -0.05) is 42.2 Å². The Kier molecular flexibility index (Phi) is 3.71. The summed E-state index contributed by atoms with van der Waals surface area (Å²) in [5, 5.41) is 0. The van der Waals surface area contributed by atoms with Gasteiger partial charge in [0.2, 0.25) is 0 Å².